The van der Waals surface area contributed by atoms with Gasteiger partial charge in [0.15, 0.2) is 5.96 Å². The monoisotopic (exact) mass is 379 g/mol. The topological polar surface area (TPSA) is 68.2 Å². The van der Waals surface area contributed by atoms with E-state index in [4.69, 9.17) is 5.73 Å². The Kier molecular flexibility index (Phi) is 8.79. The molecule has 0 aromatic carbocycles. The predicted molar refractivity (Wildman–Crippen MR) is 90.6 cm³/mol. The number of hydrogen-bond acceptors (Lipinski definition) is 2. The molecule has 0 saturated carbocycles. The van der Waals surface area contributed by atoms with Gasteiger partial charge in [-0.25, -0.2) is 9.98 Å². The zero-order valence-corrected chi connectivity index (χ0v) is 14.6. The Labute approximate surface area is 133 Å². The minimum atomic E-state index is 0. The van der Waals surface area contributed by atoms with Crippen LogP contribution in [0.3, 0.4) is 0 Å². The number of halogens is 1. The third kappa shape index (κ3) is 7.39. The van der Waals surface area contributed by atoms with Crippen LogP contribution in [0, 0.1) is 11.8 Å². The third-order valence-electron chi connectivity index (χ3n) is 2.45. The van der Waals surface area contributed by atoms with Gasteiger partial charge in [-0.15, -0.1) is 24.0 Å². The minimum absolute atomic E-state index is 0. The lowest BCUT2D eigenvalue weighted by atomic mass is 10.2. The smallest absolute Gasteiger partial charge is 0.189 e. The summed E-state index contributed by atoms with van der Waals surface area (Å²) in [5, 5.41) is 3.10. The van der Waals surface area contributed by atoms with Crippen LogP contribution >= 0.6 is 24.0 Å². The van der Waals surface area contributed by atoms with Crippen LogP contribution in [0.2, 0.25) is 0 Å². The molecule has 0 unspecified atom stereocenters. The second kappa shape index (κ2) is 9.17. The van der Waals surface area contributed by atoms with Crippen molar-refractivity contribution in [2.24, 2.45) is 22.6 Å². The summed E-state index contributed by atoms with van der Waals surface area (Å²) >= 11 is 0. The lowest BCUT2D eigenvalue weighted by molar-refractivity contribution is 0.507. The Balaban J connectivity index is 0.00000324. The molecular formula is C13H26IN5. The molecule has 3 N–H and O–H groups in total. The molecule has 0 spiro atoms. The SMILES string of the molecule is CC(C)CNC(N)=NCc1nccn1CC(C)C.I. The predicted octanol–water partition coefficient (Wildman–Crippen LogP) is 2.22. The van der Waals surface area contributed by atoms with E-state index in [1.165, 1.54) is 0 Å². The summed E-state index contributed by atoms with van der Waals surface area (Å²) in [5.41, 5.74) is 5.79. The summed E-state index contributed by atoms with van der Waals surface area (Å²) < 4.78 is 2.13. The van der Waals surface area contributed by atoms with Gasteiger partial charge in [-0.1, -0.05) is 27.7 Å². The number of nitrogens with zero attached hydrogens (tertiary/aromatic N) is 3. The van der Waals surface area contributed by atoms with E-state index in [1.807, 2.05) is 12.4 Å². The van der Waals surface area contributed by atoms with Crippen molar-refractivity contribution >= 4 is 29.9 Å². The lowest BCUT2D eigenvalue weighted by Crippen LogP contribution is -2.34. The van der Waals surface area contributed by atoms with E-state index in [0.29, 0.717) is 24.3 Å². The molecule has 1 aromatic heterocycles. The lowest BCUT2D eigenvalue weighted by Gasteiger charge is -2.10. The zero-order chi connectivity index (χ0) is 13.5. The van der Waals surface area contributed by atoms with Gasteiger partial charge in [0.1, 0.15) is 12.4 Å². The van der Waals surface area contributed by atoms with Crippen molar-refractivity contribution in [3.8, 4) is 0 Å². The summed E-state index contributed by atoms with van der Waals surface area (Å²) in [5.74, 6) is 2.60. The molecule has 110 valence electrons. The molecule has 0 aliphatic carbocycles. The van der Waals surface area contributed by atoms with Gasteiger partial charge >= 0.3 is 0 Å². The fourth-order valence-corrected chi connectivity index (χ4v) is 1.57. The molecule has 6 heteroatoms. The number of nitrogens with two attached hydrogens (primary N) is 1. The average Bonchev–Trinajstić information content (AvgIpc) is 2.70. The molecule has 0 aliphatic rings. The van der Waals surface area contributed by atoms with Crippen LogP contribution in [0.4, 0.5) is 0 Å². The number of guanidine groups is 1. The highest BCUT2D eigenvalue weighted by Gasteiger charge is 2.04. The highest BCUT2D eigenvalue weighted by Crippen LogP contribution is 2.04. The first-order valence-corrected chi connectivity index (χ1v) is 6.52. The number of hydrogen-bond donors (Lipinski definition) is 2. The zero-order valence-electron chi connectivity index (χ0n) is 12.3. The number of imidazole rings is 1. The normalized spacial score (nSPS) is 11.8. The molecule has 0 aliphatic heterocycles. The first kappa shape index (κ1) is 18.2. The first-order chi connectivity index (χ1) is 8.49. The molecule has 1 rings (SSSR count). The molecule has 0 bridgehead atoms. The number of rotatable bonds is 6. The highest BCUT2D eigenvalue weighted by atomic mass is 127. The molecule has 5 nitrogen and oxygen atoms in total. The molecule has 1 aromatic rings. The first-order valence-electron chi connectivity index (χ1n) is 6.52. The summed E-state index contributed by atoms with van der Waals surface area (Å²) in [6.45, 7) is 11.0. The maximum absolute atomic E-state index is 5.79. The van der Waals surface area contributed by atoms with Crippen molar-refractivity contribution in [2.45, 2.75) is 40.8 Å². The van der Waals surface area contributed by atoms with Gasteiger partial charge in [-0.3, -0.25) is 0 Å². The van der Waals surface area contributed by atoms with Crippen molar-refractivity contribution in [1.29, 1.82) is 0 Å². The van der Waals surface area contributed by atoms with Crippen molar-refractivity contribution < 1.29 is 0 Å². The van der Waals surface area contributed by atoms with Crippen molar-refractivity contribution in [3.63, 3.8) is 0 Å². The molecule has 19 heavy (non-hydrogen) atoms. The van der Waals surface area contributed by atoms with Crippen molar-refractivity contribution in [1.82, 2.24) is 14.9 Å². The quantitative estimate of drug-likeness (QED) is 0.453. The Bertz CT molecular complexity index is 384. The van der Waals surface area contributed by atoms with Crippen LogP contribution in [0.25, 0.3) is 0 Å². The molecule has 0 fully saturated rings. The fourth-order valence-electron chi connectivity index (χ4n) is 1.57. The molecule has 0 amide bonds. The van der Waals surface area contributed by atoms with Gasteiger partial charge in [0.25, 0.3) is 0 Å². The van der Waals surface area contributed by atoms with E-state index >= 15 is 0 Å². The van der Waals surface area contributed by atoms with Gasteiger partial charge in [0.05, 0.1) is 0 Å². The molecule has 0 saturated heterocycles. The summed E-state index contributed by atoms with van der Waals surface area (Å²) in [4.78, 5) is 8.62. The third-order valence-corrected chi connectivity index (χ3v) is 2.45. The number of nitrogens with one attached hydrogen (secondary N) is 1. The van der Waals surface area contributed by atoms with Gasteiger partial charge in [0.2, 0.25) is 0 Å². The van der Waals surface area contributed by atoms with Crippen LogP contribution in [-0.2, 0) is 13.1 Å². The van der Waals surface area contributed by atoms with E-state index in [-0.39, 0.29) is 24.0 Å². The Hall–Kier alpha value is -0.790. The average molecular weight is 379 g/mol. The van der Waals surface area contributed by atoms with Crippen LogP contribution in [0.1, 0.15) is 33.5 Å². The van der Waals surface area contributed by atoms with E-state index in [0.717, 1.165) is 18.9 Å². The Morgan fingerprint density at radius 3 is 2.63 bits per heavy atom. The maximum Gasteiger partial charge on any atom is 0.189 e. The van der Waals surface area contributed by atoms with Gasteiger partial charge in [-0.05, 0) is 11.8 Å². The summed E-state index contributed by atoms with van der Waals surface area (Å²) in [7, 11) is 0. The standard InChI is InChI=1S/C13H25N5.HI/c1-10(2)7-16-13(14)17-8-12-15-5-6-18(12)9-11(3)4;/h5-6,10-11H,7-9H2,1-4H3,(H3,14,16,17);1H. The molecule has 1 heterocycles. The van der Waals surface area contributed by atoms with Crippen molar-refractivity contribution in [2.75, 3.05) is 6.54 Å². The van der Waals surface area contributed by atoms with E-state index in [9.17, 15) is 0 Å². The second-order valence-corrected chi connectivity index (χ2v) is 5.37. The van der Waals surface area contributed by atoms with E-state index in [1.54, 1.807) is 0 Å². The largest absolute Gasteiger partial charge is 0.370 e. The fraction of sp³-hybridized carbons (Fsp3) is 0.692. The highest BCUT2D eigenvalue weighted by molar-refractivity contribution is 14.0. The second-order valence-electron chi connectivity index (χ2n) is 5.37. The van der Waals surface area contributed by atoms with Crippen LogP contribution in [0.15, 0.2) is 17.4 Å². The van der Waals surface area contributed by atoms with E-state index < -0.39 is 0 Å². The van der Waals surface area contributed by atoms with Gasteiger partial charge in [-0.2, -0.15) is 0 Å². The van der Waals surface area contributed by atoms with Crippen LogP contribution in [-0.4, -0.2) is 22.1 Å². The molecule has 0 atom stereocenters. The Morgan fingerprint density at radius 2 is 2.05 bits per heavy atom. The van der Waals surface area contributed by atoms with E-state index in [2.05, 4.69) is 47.6 Å². The van der Waals surface area contributed by atoms with Gasteiger partial charge < -0.3 is 15.6 Å². The Morgan fingerprint density at radius 1 is 1.37 bits per heavy atom. The number of aliphatic imine (C=N–C) groups is 1. The number of aromatic nitrogens is 2. The van der Waals surface area contributed by atoms with Crippen LogP contribution in [0.5, 0.6) is 0 Å². The van der Waals surface area contributed by atoms with Crippen molar-refractivity contribution in [3.05, 3.63) is 18.2 Å². The summed E-state index contributed by atoms with van der Waals surface area (Å²) in [6.07, 6.45) is 3.80. The van der Waals surface area contributed by atoms with Gasteiger partial charge in [0, 0.05) is 25.5 Å². The maximum atomic E-state index is 5.79. The molecular weight excluding hydrogens is 353 g/mol. The molecule has 0 radical (unpaired) electrons. The summed E-state index contributed by atoms with van der Waals surface area (Å²) in [6, 6.07) is 0. The minimum Gasteiger partial charge on any atom is -0.370 e. The van der Waals surface area contributed by atoms with Crippen LogP contribution < -0.4 is 11.1 Å².